The van der Waals surface area contributed by atoms with Crippen molar-refractivity contribution in [1.82, 2.24) is 0 Å². The first-order valence-corrected chi connectivity index (χ1v) is 4.12. The van der Waals surface area contributed by atoms with Gasteiger partial charge in [0.2, 0.25) is 0 Å². The van der Waals surface area contributed by atoms with E-state index in [2.05, 4.69) is 19.6 Å². The molecule has 10 heavy (non-hydrogen) atoms. The van der Waals surface area contributed by atoms with E-state index in [1.165, 1.54) is 0 Å². The van der Waals surface area contributed by atoms with Gasteiger partial charge in [0.25, 0.3) is 0 Å². The van der Waals surface area contributed by atoms with Gasteiger partial charge in [-0.2, -0.15) is 12.6 Å². The summed E-state index contributed by atoms with van der Waals surface area (Å²) in [5, 5.41) is -0.182. The molecule has 0 spiro atoms. The highest BCUT2D eigenvalue weighted by Crippen LogP contribution is 2.23. The first kappa shape index (κ1) is 7.92. The highest BCUT2D eigenvalue weighted by atomic mass is 32.1. The van der Waals surface area contributed by atoms with Crippen LogP contribution < -0.4 is 0 Å². The van der Waals surface area contributed by atoms with Gasteiger partial charge in [-0.1, -0.05) is 13.3 Å². The Morgan fingerprint density at radius 3 is 3.00 bits per heavy atom. The molecular weight excluding hydrogens is 148 g/mol. The van der Waals surface area contributed by atoms with Crippen LogP contribution >= 0.6 is 12.6 Å². The molecule has 1 saturated heterocycles. The van der Waals surface area contributed by atoms with Crippen molar-refractivity contribution in [2.75, 3.05) is 6.61 Å². The lowest BCUT2D eigenvalue weighted by molar-refractivity contribution is -0.148. The molecule has 0 N–H and O–H groups in total. The Bertz CT molecular complexity index is 136. The number of esters is 1. The summed E-state index contributed by atoms with van der Waals surface area (Å²) < 4.78 is 4.81. The maximum absolute atomic E-state index is 10.9. The average Bonchev–Trinajstić information content (AvgIpc) is 1.95. The third-order valence-corrected chi connectivity index (χ3v) is 2.58. The van der Waals surface area contributed by atoms with Gasteiger partial charge in [0, 0.05) is 0 Å². The minimum absolute atomic E-state index is 0.151. The van der Waals surface area contributed by atoms with Crippen molar-refractivity contribution in [2.45, 2.75) is 25.0 Å². The molecule has 1 aliphatic heterocycles. The predicted octanol–water partition coefficient (Wildman–Crippen LogP) is 1.26. The van der Waals surface area contributed by atoms with E-state index < -0.39 is 0 Å². The SMILES string of the molecule is CCC1CCOC(=O)C1S. The van der Waals surface area contributed by atoms with Crippen molar-refractivity contribution in [3.05, 3.63) is 0 Å². The fourth-order valence-corrected chi connectivity index (χ4v) is 1.61. The largest absolute Gasteiger partial charge is 0.465 e. The van der Waals surface area contributed by atoms with Crippen LogP contribution in [0.5, 0.6) is 0 Å². The van der Waals surface area contributed by atoms with Crippen molar-refractivity contribution in [3.63, 3.8) is 0 Å². The molecular formula is C7H12O2S. The van der Waals surface area contributed by atoms with Crippen molar-refractivity contribution < 1.29 is 9.53 Å². The van der Waals surface area contributed by atoms with Gasteiger partial charge in [0.15, 0.2) is 0 Å². The van der Waals surface area contributed by atoms with Gasteiger partial charge in [-0.15, -0.1) is 0 Å². The molecule has 1 fully saturated rings. The molecule has 0 radical (unpaired) electrons. The maximum atomic E-state index is 10.9. The third kappa shape index (κ3) is 1.45. The van der Waals surface area contributed by atoms with E-state index in [-0.39, 0.29) is 11.2 Å². The third-order valence-electron chi connectivity index (χ3n) is 1.95. The highest BCUT2D eigenvalue weighted by Gasteiger charge is 2.28. The number of hydrogen-bond acceptors (Lipinski definition) is 3. The number of ether oxygens (including phenoxy) is 1. The summed E-state index contributed by atoms with van der Waals surface area (Å²) in [6.45, 7) is 2.65. The quantitative estimate of drug-likeness (QED) is 0.461. The second-order valence-electron chi connectivity index (χ2n) is 2.57. The molecule has 2 nitrogen and oxygen atoms in total. The molecule has 0 saturated carbocycles. The van der Waals surface area contributed by atoms with E-state index in [0.29, 0.717) is 12.5 Å². The molecule has 2 atom stereocenters. The van der Waals surface area contributed by atoms with E-state index in [9.17, 15) is 4.79 Å². The van der Waals surface area contributed by atoms with E-state index >= 15 is 0 Å². The van der Waals surface area contributed by atoms with Crippen molar-refractivity contribution in [1.29, 1.82) is 0 Å². The Morgan fingerprint density at radius 1 is 1.80 bits per heavy atom. The predicted molar refractivity (Wildman–Crippen MR) is 42.1 cm³/mol. The first-order valence-electron chi connectivity index (χ1n) is 3.60. The zero-order valence-electron chi connectivity index (χ0n) is 6.04. The van der Waals surface area contributed by atoms with Gasteiger partial charge in [0.1, 0.15) is 5.25 Å². The molecule has 0 aromatic carbocycles. The van der Waals surface area contributed by atoms with Gasteiger partial charge in [-0.3, -0.25) is 4.79 Å². The topological polar surface area (TPSA) is 26.3 Å². The summed E-state index contributed by atoms with van der Waals surface area (Å²) in [7, 11) is 0. The Kier molecular flexibility index (Phi) is 2.60. The highest BCUT2D eigenvalue weighted by molar-refractivity contribution is 7.81. The molecule has 0 aromatic heterocycles. The number of hydrogen-bond donors (Lipinski definition) is 1. The molecule has 0 amide bonds. The molecule has 0 aromatic rings. The molecule has 3 heteroatoms. The molecule has 1 rings (SSSR count). The zero-order chi connectivity index (χ0) is 7.56. The molecule has 1 aliphatic rings. The van der Waals surface area contributed by atoms with Crippen LogP contribution in [-0.2, 0) is 9.53 Å². The second kappa shape index (κ2) is 3.28. The number of carbonyl (C=O) groups is 1. The molecule has 58 valence electrons. The number of carbonyl (C=O) groups excluding carboxylic acids is 1. The van der Waals surface area contributed by atoms with Gasteiger partial charge in [-0.05, 0) is 12.3 Å². The lowest BCUT2D eigenvalue weighted by Gasteiger charge is -2.25. The Labute approximate surface area is 66.4 Å². The van der Waals surface area contributed by atoms with E-state index in [1.807, 2.05) is 0 Å². The van der Waals surface area contributed by atoms with Gasteiger partial charge < -0.3 is 4.74 Å². The van der Waals surface area contributed by atoms with E-state index in [4.69, 9.17) is 4.74 Å². The zero-order valence-corrected chi connectivity index (χ0v) is 6.93. The number of cyclic esters (lactones) is 1. The lowest BCUT2D eigenvalue weighted by Crippen LogP contribution is -2.32. The summed E-state index contributed by atoms with van der Waals surface area (Å²) >= 11 is 4.16. The first-order chi connectivity index (χ1) is 4.75. The van der Waals surface area contributed by atoms with Crippen LogP contribution in [0.25, 0.3) is 0 Å². The Balaban J connectivity index is 2.51. The fraction of sp³-hybridized carbons (Fsp3) is 0.857. The van der Waals surface area contributed by atoms with Crippen LogP contribution in [0.15, 0.2) is 0 Å². The molecule has 0 bridgehead atoms. The van der Waals surface area contributed by atoms with Crippen molar-refractivity contribution in [3.8, 4) is 0 Å². The van der Waals surface area contributed by atoms with E-state index in [1.54, 1.807) is 0 Å². The average molecular weight is 160 g/mol. The van der Waals surface area contributed by atoms with Crippen LogP contribution in [0.4, 0.5) is 0 Å². The maximum Gasteiger partial charge on any atom is 0.319 e. The van der Waals surface area contributed by atoms with Crippen molar-refractivity contribution >= 4 is 18.6 Å². The minimum Gasteiger partial charge on any atom is -0.465 e. The van der Waals surface area contributed by atoms with E-state index in [0.717, 1.165) is 12.8 Å². The summed E-state index contributed by atoms with van der Waals surface area (Å²) in [5.74, 6) is 0.269. The Morgan fingerprint density at radius 2 is 2.50 bits per heavy atom. The fourth-order valence-electron chi connectivity index (χ4n) is 1.17. The summed E-state index contributed by atoms with van der Waals surface area (Å²) in [5.41, 5.74) is 0. The van der Waals surface area contributed by atoms with Crippen LogP contribution in [0, 0.1) is 5.92 Å². The number of rotatable bonds is 1. The van der Waals surface area contributed by atoms with Crippen LogP contribution in [0.1, 0.15) is 19.8 Å². The summed E-state index contributed by atoms with van der Waals surface area (Å²) in [6.07, 6.45) is 1.99. The lowest BCUT2D eigenvalue weighted by atomic mass is 9.97. The van der Waals surface area contributed by atoms with Crippen molar-refractivity contribution in [2.24, 2.45) is 5.92 Å². The van der Waals surface area contributed by atoms with Gasteiger partial charge in [0.05, 0.1) is 6.61 Å². The van der Waals surface area contributed by atoms with Gasteiger partial charge >= 0.3 is 5.97 Å². The van der Waals surface area contributed by atoms with Crippen LogP contribution in [0.2, 0.25) is 0 Å². The molecule has 1 heterocycles. The van der Waals surface area contributed by atoms with Crippen LogP contribution in [-0.4, -0.2) is 17.8 Å². The molecule has 0 aliphatic carbocycles. The molecule has 2 unspecified atom stereocenters. The summed E-state index contributed by atoms with van der Waals surface area (Å²) in [6, 6.07) is 0. The normalized spacial score (nSPS) is 33.6. The second-order valence-corrected chi connectivity index (χ2v) is 3.13. The smallest absolute Gasteiger partial charge is 0.319 e. The number of thiol groups is 1. The Hall–Kier alpha value is -0.180. The minimum atomic E-state index is -0.182. The van der Waals surface area contributed by atoms with Gasteiger partial charge in [-0.25, -0.2) is 0 Å². The standard InChI is InChI=1S/C7H12O2S/c1-2-5-3-4-9-7(8)6(5)10/h5-6,10H,2-4H2,1H3. The summed E-state index contributed by atoms with van der Waals surface area (Å²) in [4.78, 5) is 10.9. The van der Waals surface area contributed by atoms with Crippen LogP contribution in [0.3, 0.4) is 0 Å². The monoisotopic (exact) mass is 160 g/mol.